The maximum atomic E-state index is 11.1. The number of aryl methyl sites for hydroxylation is 1. The Morgan fingerprint density at radius 1 is 1.30 bits per heavy atom. The summed E-state index contributed by atoms with van der Waals surface area (Å²) in [6.45, 7) is 3.33. The number of rotatable bonds is 6. The van der Waals surface area contributed by atoms with Crippen LogP contribution in [0.5, 0.6) is 0 Å². The van der Waals surface area contributed by atoms with E-state index in [9.17, 15) is 4.79 Å². The molecule has 2 N–H and O–H groups in total. The highest BCUT2D eigenvalue weighted by atomic mass is 16.1. The zero-order chi connectivity index (χ0) is 14.4. The maximum Gasteiger partial charge on any atom is 0.221 e. The van der Waals surface area contributed by atoms with Gasteiger partial charge >= 0.3 is 0 Å². The van der Waals surface area contributed by atoms with Crippen LogP contribution in [-0.4, -0.2) is 29.1 Å². The van der Waals surface area contributed by atoms with Crippen molar-refractivity contribution >= 4 is 5.91 Å². The molecular formula is C15H20N4O. The summed E-state index contributed by atoms with van der Waals surface area (Å²) in [6.07, 6.45) is 2.35. The average molecular weight is 272 g/mol. The molecule has 5 nitrogen and oxygen atoms in total. The van der Waals surface area contributed by atoms with Crippen LogP contribution in [0.4, 0.5) is 0 Å². The summed E-state index contributed by atoms with van der Waals surface area (Å²) in [5, 5.41) is 5.88. The van der Waals surface area contributed by atoms with Crippen molar-refractivity contribution in [3.05, 3.63) is 48.0 Å². The van der Waals surface area contributed by atoms with E-state index >= 15 is 0 Å². The van der Waals surface area contributed by atoms with Gasteiger partial charge in [0.05, 0.1) is 11.9 Å². The van der Waals surface area contributed by atoms with Crippen molar-refractivity contribution in [2.75, 3.05) is 13.6 Å². The van der Waals surface area contributed by atoms with Crippen LogP contribution >= 0.6 is 0 Å². The third-order valence-electron chi connectivity index (χ3n) is 3.14. The molecule has 1 aromatic heterocycles. The van der Waals surface area contributed by atoms with Gasteiger partial charge in [0.2, 0.25) is 5.91 Å². The van der Waals surface area contributed by atoms with E-state index < -0.39 is 0 Å². The normalized spacial score (nSPS) is 10.5. The Hall–Kier alpha value is -2.14. The second kappa shape index (κ2) is 6.86. The molecule has 0 bridgehead atoms. The van der Waals surface area contributed by atoms with Gasteiger partial charge in [-0.2, -0.15) is 0 Å². The van der Waals surface area contributed by atoms with E-state index in [0.717, 1.165) is 17.2 Å². The Bertz CT molecular complexity index is 563. The number of amides is 1. The first kappa shape index (κ1) is 14.3. The molecule has 1 heterocycles. The Morgan fingerprint density at radius 2 is 2.05 bits per heavy atom. The first-order valence-electron chi connectivity index (χ1n) is 6.72. The van der Waals surface area contributed by atoms with Gasteiger partial charge in [-0.05, 0) is 19.1 Å². The molecule has 0 aliphatic rings. The fourth-order valence-electron chi connectivity index (χ4n) is 2.09. The summed E-state index contributed by atoms with van der Waals surface area (Å²) >= 11 is 0. The second-order valence-electron chi connectivity index (χ2n) is 4.57. The quantitative estimate of drug-likeness (QED) is 0.782. The van der Waals surface area contributed by atoms with E-state index in [1.54, 1.807) is 7.05 Å². The van der Waals surface area contributed by atoms with E-state index in [1.807, 2.05) is 31.3 Å². The Kier molecular flexibility index (Phi) is 4.90. The summed E-state index contributed by atoms with van der Waals surface area (Å²) in [5.41, 5.74) is 2.19. The van der Waals surface area contributed by atoms with Gasteiger partial charge in [0.1, 0.15) is 5.82 Å². The van der Waals surface area contributed by atoms with E-state index in [0.29, 0.717) is 19.5 Å². The Balaban J connectivity index is 2.01. The number of hydrogen-bond acceptors (Lipinski definition) is 3. The highest BCUT2D eigenvalue weighted by Crippen LogP contribution is 2.14. The molecule has 1 amide bonds. The summed E-state index contributed by atoms with van der Waals surface area (Å²) in [7, 11) is 1.65. The van der Waals surface area contributed by atoms with Crippen LogP contribution in [0.3, 0.4) is 0 Å². The van der Waals surface area contributed by atoms with E-state index in [4.69, 9.17) is 0 Å². The van der Waals surface area contributed by atoms with Crippen LogP contribution in [0.25, 0.3) is 5.69 Å². The predicted octanol–water partition coefficient (Wildman–Crippen LogP) is 1.41. The van der Waals surface area contributed by atoms with Gasteiger partial charge in [-0.1, -0.05) is 18.2 Å². The van der Waals surface area contributed by atoms with Crippen LogP contribution in [-0.2, 0) is 11.3 Å². The number of imidazole rings is 1. The fourth-order valence-corrected chi connectivity index (χ4v) is 2.09. The lowest BCUT2D eigenvalue weighted by atomic mass is 10.3. The Labute approximate surface area is 119 Å². The fraction of sp³-hybridized carbons (Fsp3) is 0.333. The zero-order valence-electron chi connectivity index (χ0n) is 11.9. The van der Waals surface area contributed by atoms with E-state index in [2.05, 4.69) is 32.3 Å². The SMILES string of the molecule is CNC(=O)CCNCc1cnc(C)n1-c1ccccc1. The van der Waals surface area contributed by atoms with Gasteiger partial charge in [0.15, 0.2) is 0 Å². The van der Waals surface area contributed by atoms with Crippen LogP contribution in [0.1, 0.15) is 17.9 Å². The largest absolute Gasteiger partial charge is 0.359 e. The highest BCUT2D eigenvalue weighted by molar-refractivity contribution is 5.75. The molecule has 0 fully saturated rings. The average Bonchev–Trinajstić information content (AvgIpc) is 2.85. The van der Waals surface area contributed by atoms with Crippen molar-refractivity contribution < 1.29 is 4.79 Å². The van der Waals surface area contributed by atoms with Crippen molar-refractivity contribution in [1.29, 1.82) is 0 Å². The molecule has 0 spiro atoms. The number of benzene rings is 1. The first-order chi connectivity index (χ1) is 9.72. The van der Waals surface area contributed by atoms with Gasteiger partial charge < -0.3 is 10.6 Å². The molecule has 0 aliphatic carbocycles. The van der Waals surface area contributed by atoms with Gasteiger partial charge in [-0.25, -0.2) is 4.98 Å². The molecule has 106 valence electrons. The van der Waals surface area contributed by atoms with E-state index in [1.165, 1.54) is 0 Å². The number of nitrogens with one attached hydrogen (secondary N) is 2. The maximum absolute atomic E-state index is 11.1. The predicted molar refractivity (Wildman–Crippen MR) is 78.7 cm³/mol. The minimum atomic E-state index is 0.0465. The van der Waals surface area contributed by atoms with Crippen LogP contribution in [0.2, 0.25) is 0 Å². The molecule has 0 aliphatic heterocycles. The van der Waals surface area contributed by atoms with Gasteiger partial charge in [0, 0.05) is 32.2 Å². The van der Waals surface area contributed by atoms with Crippen LogP contribution in [0, 0.1) is 6.92 Å². The lowest BCUT2D eigenvalue weighted by Gasteiger charge is -2.11. The first-order valence-corrected chi connectivity index (χ1v) is 6.72. The minimum absolute atomic E-state index is 0.0465. The van der Waals surface area contributed by atoms with Crippen LogP contribution in [0.15, 0.2) is 36.5 Å². The molecule has 0 saturated carbocycles. The highest BCUT2D eigenvalue weighted by Gasteiger charge is 2.08. The number of carbonyl (C=O) groups excluding carboxylic acids is 1. The summed E-state index contributed by atoms with van der Waals surface area (Å²) in [6, 6.07) is 10.1. The third kappa shape index (κ3) is 3.45. The number of para-hydroxylation sites is 1. The number of hydrogen-bond donors (Lipinski definition) is 2. The van der Waals surface area contributed by atoms with Gasteiger partial charge in [0.25, 0.3) is 0 Å². The smallest absolute Gasteiger partial charge is 0.221 e. The standard InChI is InChI=1S/C15H20N4O/c1-12-18-11-14(10-17-9-8-15(20)16-2)19(12)13-6-4-3-5-7-13/h3-7,11,17H,8-10H2,1-2H3,(H,16,20). The molecule has 20 heavy (non-hydrogen) atoms. The van der Waals surface area contributed by atoms with Crippen molar-refractivity contribution in [2.24, 2.45) is 0 Å². The summed E-state index contributed by atoms with van der Waals surface area (Å²) in [5.74, 6) is 1.00. The monoisotopic (exact) mass is 272 g/mol. The molecule has 2 rings (SSSR count). The van der Waals surface area contributed by atoms with Gasteiger partial charge in [-0.15, -0.1) is 0 Å². The van der Waals surface area contributed by atoms with Crippen LogP contribution < -0.4 is 10.6 Å². The van der Waals surface area contributed by atoms with Gasteiger partial charge in [-0.3, -0.25) is 9.36 Å². The molecule has 0 atom stereocenters. The zero-order valence-corrected chi connectivity index (χ0v) is 11.9. The Morgan fingerprint density at radius 3 is 2.75 bits per heavy atom. The molecular weight excluding hydrogens is 252 g/mol. The topological polar surface area (TPSA) is 59.0 Å². The number of carbonyl (C=O) groups is 1. The number of aromatic nitrogens is 2. The molecule has 0 radical (unpaired) electrons. The second-order valence-corrected chi connectivity index (χ2v) is 4.57. The van der Waals surface area contributed by atoms with Crippen molar-refractivity contribution in [3.63, 3.8) is 0 Å². The van der Waals surface area contributed by atoms with Crippen molar-refractivity contribution in [2.45, 2.75) is 19.9 Å². The molecule has 0 unspecified atom stereocenters. The third-order valence-corrected chi connectivity index (χ3v) is 3.14. The minimum Gasteiger partial charge on any atom is -0.359 e. The molecule has 2 aromatic rings. The van der Waals surface area contributed by atoms with E-state index in [-0.39, 0.29) is 5.91 Å². The lowest BCUT2D eigenvalue weighted by molar-refractivity contribution is -0.120. The van der Waals surface area contributed by atoms with Crippen molar-refractivity contribution in [1.82, 2.24) is 20.2 Å². The summed E-state index contributed by atoms with van der Waals surface area (Å²) in [4.78, 5) is 15.5. The molecule has 0 saturated heterocycles. The lowest BCUT2D eigenvalue weighted by Crippen LogP contribution is -2.25. The number of nitrogens with zero attached hydrogens (tertiary/aromatic N) is 2. The van der Waals surface area contributed by atoms with Crippen molar-refractivity contribution in [3.8, 4) is 5.69 Å². The summed E-state index contributed by atoms with van der Waals surface area (Å²) < 4.78 is 2.12. The molecule has 1 aromatic carbocycles. The molecule has 5 heteroatoms.